The van der Waals surface area contributed by atoms with Crippen molar-refractivity contribution in [2.24, 2.45) is 0 Å². The van der Waals surface area contributed by atoms with Crippen LogP contribution < -0.4 is 5.32 Å². The van der Waals surface area contributed by atoms with Gasteiger partial charge in [0.2, 0.25) is 5.91 Å². The molecule has 0 atom stereocenters. The molecule has 1 aliphatic rings. The van der Waals surface area contributed by atoms with Gasteiger partial charge in [0, 0.05) is 25.3 Å². The second kappa shape index (κ2) is 11.2. The lowest BCUT2D eigenvalue weighted by atomic mass is 9.96. The summed E-state index contributed by atoms with van der Waals surface area (Å²) in [5.74, 6) is -1.08. The van der Waals surface area contributed by atoms with Gasteiger partial charge in [-0.2, -0.15) is 13.2 Å². The summed E-state index contributed by atoms with van der Waals surface area (Å²) in [5.41, 5.74) is 1.02. The highest BCUT2D eigenvalue weighted by atomic mass is 19.4. The van der Waals surface area contributed by atoms with Crippen LogP contribution in [0.5, 0.6) is 0 Å². The van der Waals surface area contributed by atoms with E-state index in [0.717, 1.165) is 29.7 Å². The molecule has 3 aromatic carbocycles. The number of hydrogen-bond acceptors (Lipinski definition) is 3. The second-order valence-electron chi connectivity index (χ2n) is 8.80. The summed E-state index contributed by atoms with van der Waals surface area (Å²) in [6.07, 6.45) is -3.74. The Labute approximate surface area is 206 Å². The van der Waals surface area contributed by atoms with Gasteiger partial charge in [-0.25, -0.2) is 8.78 Å². The van der Waals surface area contributed by atoms with Crippen molar-refractivity contribution in [3.8, 4) is 0 Å². The highest BCUT2D eigenvalue weighted by molar-refractivity contribution is 5.92. The van der Waals surface area contributed by atoms with Crippen molar-refractivity contribution in [1.82, 2.24) is 9.80 Å². The molecule has 0 saturated carbocycles. The lowest BCUT2D eigenvalue weighted by molar-refractivity contribution is -0.137. The van der Waals surface area contributed by atoms with E-state index >= 15 is 0 Å². The summed E-state index contributed by atoms with van der Waals surface area (Å²) in [6.45, 7) is 2.52. The van der Waals surface area contributed by atoms with Crippen LogP contribution in [-0.2, 0) is 11.0 Å². The molecule has 1 fully saturated rings. The molecule has 1 amide bonds. The summed E-state index contributed by atoms with van der Waals surface area (Å²) >= 11 is 0. The first-order valence-electron chi connectivity index (χ1n) is 11.6. The minimum atomic E-state index is -4.49. The van der Waals surface area contributed by atoms with Gasteiger partial charge in [-0.3, -0.25) is 14.6 Å². The van der Waals surface area contributed by atoms with E-state index in [1.54, 1.807) is 24.3 Å². The lowest BCUT2D eigenvalue weighted by Gasteiger charge is -2.31. The lowest BCUT2D eigenvalue weighted by Crippen LogP contribution is -2.37. The van der Waals surface area contributed by atoms with Crippen LogP contribution in [0.4, 0.5) is 27.6 Å². The molecule has 0 aliphatic carbocycles. The van der Waals surface area contributed by atoms with Crippen LogP contribution in [0.25, 0.3) is 0 Å². The molecule has 190 valence electrons. The number of benzene rings is 3. The summed E-state index contributed by atoms with van der Waals surface area (Å²) in [7, 11) is 0. The maximum Gasteiger partial charge on any atom is 0.416 e. The summed E-state index contributed by atoms with van der Waals surface area (Å²) < 4.78 is 66.0. The number of amides is 1. The third-order valence-electron chi connectivity index (χ3n) is 6.20. The monoisotopic (exact) mass is 503 g/mol. The Morgan fingerprint density at radius 1 is 0.833 bits per heavy atom. The zero-order valence-electron chi connectivity index (χ0n) is 19.4. The molecule has 4 rings (SSSR count). The van der Waals surface area contributed by atoms with Crippen LogP contribution in [0.2, 0.25) is 0 Å². The molecule has 3 aromatic rings. The largest absolute Gasteiger partial charge is 0.416 e. The molecule has 0 radical (unpaired) electrons. The Morgan fingerprint density at radius 2 is 1.44 bits per heavy atom. The summed E-state index contributed by atoms with van der Waals surface area (Å²) in [4.78, 5) is 16.7. The molecular formula is C27H26F5N3O. The van der Waals surface area contributed by atoms with Crippen LogP contribution in [0.15, 0.2) is 72.8 Å². The summed E-state index contributed by atoms with van der Waals surface area (Å²) in [5, 5.41) is 2.55. The van der Waals surface area contributed by atoms with Gasteiger partial charge in [0.1, 0.15) is 11.6 Å². The minimum Gasteiger partial charge on any atom is -0.325 e. The Morgan fingerprint density at radius 3 is 2.03 bits per heavy atom. The average molecular weight is 504 g/mol. The van der Waals surface area contributed by atoms with Crippen molar-refractivity contribution in [2.45, 2.75) is 18.6 Å². The molecule has 36 heavy (non-hydrogen) atoms. The Balaban J connectivity index is 1.43. The normalized spacial score (nSPS) is 15.6. The first-order valence-corrected chi connectivity index (χ1v) is 11.6. The van der Waals surface area contributed by atoms with Crippen molar-refractivity contribution < 1.29 is 26.7 Å². The summed E-state index contributed by atoms with van der Waals surface area (Å²) in [6, 6.07) is 16.8. The van der Waals surface area contributed by atoms with Gasteiger partial charge < -0.3 is 5.32 Å². The van der Waals surface area contributed by atoms with Gasteiger partial charge in [0.15, 0.2) is 0 Å². The van der Waals surface area contributed by atoms with Gasteiger partial charge in [-0.1, -0.05) is 30.3 Å². The number of rotatable bonds is 6. The first-order chi connectivity index (χ1) is 17.2. The van der Waals surface area contributed by atoms with Crippen molar-refractivity contribution in [3.63, 3.8) is 0 Å². The van der Waals surface area contributed by atoms with E-state index in [4.69, 9.17) is 0 Å². The quantitative estimate of drug-likeness (QED) is 0.437. The smallest absolute Gasteiger partial charge is 0.325 e. The van der Waals surface area contributed by atoms with Crippen LogP contribution in [0.3, 0.4) is 0 Å². The maximum atomic E-state index is 13.6. The zero-order chi connectivity index (χ0) is 25.7. The van der Waals surface area contributed by atoms with Gasteiger partial charge in [-0.05, 0) is 66.6 Å². The Bertz CT molecular complexity index is 1120. The highest BCUT2D eigenvalue weighted by Gasteiger charge is 2.30. The molecule has 0 unspecified atom stereocenters. The SMILES string of the molecule is O=C(CN1CCCN(C(c2ccc(F)cc2)c2ccc(F)cc2)CC1)Nc1cccc(C(F)(F)F)c1. The molecule has 1 N–H and O–H groups in total. The topological polar surface area (TPSA) is 35.6 Å². The zero-order valence-corrected chi connectivity index (χ0v) is 19.4. The number of carbonyl (C=O) groups is 1. The van der Waals surface area contributed by atoms with E-state index < -0.39 is 17.6 Å². The minimum absolute atomic E-state index is 0.0435. The third-order valence-corrected chi connectivity index (χ3v) is 6.20. The molecule has 9 heteroatoms. The predicted molar refractivity (Wildman–Crippen MR) is 127 cm³/mol. The van der Waals surface area contributed by atoms with Gasteiger partial charge in [0.05, 0.1) is 18.2 Å². The fraction of sp³-hybridized carbons (Fsp3) is 0.296. The third kappa shape index (κ3) is 6.67. The van der Waals surface area contributed by atoms with Crippen LogP contribution in [0.1, 0.15) is 29.2 Å². The second-order valence-corrected chi connectivity index (χ2v) is 8.80. The molecule has 0 spiro atoms. The van der Waals surface area contributed by atoms with Crippen LogP contribution >= 0.6 is 0 Å². The van der Waals surface area contributed by atoms with Crippen molar-refractivity contribution in [2.75, 3.05) is 38.0 Å². The Hall–Kier alpha value is -3.30. The predicted octanol–water partition coefficient (Wildman–Crippen LogP) is 5.72. The van der Waals surface area contributed by atoms with E-state index in [1.807, 2.05) is 4.90 Å². The molecule has 0 aromatic heterocycles. The fourth-order valence-corrected chi connectivity index (χ4v) is 4.49. The van der Waals surface area contributed by atoms with Gasteiger partial charge >= 0.3 is 6.18 Å². The number of anilines is 1. The number of hydrogen-bond donors (Lipinski definition) is 1. The number of alkyl halides is 3. The Kier molecular flexibility index (Phi) is 8.01. The number of nitrogens with zero attached hydrogens (tertiary/aromatic N) is 2. The maximum absolute atomic E-state index is 13.6. The van der Waals surface area contributed by atoms with Crippen molar-refractivity contribution >= 4 is 11.6 Å². The first kappa shape index (κ1) is 25.8. The molecule has 0 bridgehead atoms. The molecule has 1 heterocycles. The van der Waals surface area contributed by atoms with Gasteiger partial charge in [0.25, 0.3) is 0 Å². The highest BCUT2D eigenvalue weighted by Crippen LogP contribution is 2.31. The van der Waals surface area contributed by atoms with Gasteiger partial charge in [-0.15, -0.1) is 0 Å². The standard InChI is InChI=1S/C27H26F5N3O/c28-22-9-5-19(6-10-22)26(20-7-11-23(29)12-8-20)35-14-2-13-34(15-16-35)18-25(36)33-24-4-1-3-21(17-24)27(30,31)32/h1,3-12,17,26H,2,13-16,18H2,(H,33,36). The van der Waals surface area contributed by atoms with E-state index in [9.17, 15) is 26.7 Å². The molecule has 4 nitrogen and oxygen atoms in total. The van der Waals surface area contributed by atoms with E-state index in [2.05, 4.69) is 10.2 Å². The number of carbonyl (C=O) groups excluding carboxylic acids is 1. The van der Waals surface area contributed by atoms with Crippen molar-refractivity contribution in [1.29, 1.82) is 0 Å². The number of nitrogens with one attached hydrogen (secondary N) is 1. The van der Waals surface area contributed by atoms with E-state index in [1.165, 1.54) is 36.4 Å². The molecular weight excluding hydrogens is 477 g/mol. The van der Waals surface area contributed by atoms with Crippen molar-refractivity contribution in [3.05, 3.63) is 101 Å². The van der Waals surface area contributed by atoms with E-state index in [0.29, 0.717) is 26.2 Å². The van der Waals surface area contributed by atoms with E-state index in [-0.39, 0.29) is 29.9 Å². The molecule has 1 saturated heterocycles. The molecule has 1 aliphatic heterocycles. The fourth-order valence-electron chi connectivity index (χ4n) is 4.49. The number of halogens is 5. The van der Waals surface area contributed by atoms with Crippen LogP contribution in [-0.4, -0.2) is 48.4 Å². The van der Waals surface area contributed by atoms with Crippen LogP contribution in [0, 0.1) is 11.6 Å². The average Bonchev–Trinajstić information content (AvgIpc) is 3.07.